The molecule has 0 bridgehead atoms. The lowest BCUT2D eigenvalue weighted by Gasteiger charge is -2.04. The third kappa shape index (κ3) is 4.14. The van der Waals surface area contributed by atoms with Crippen LogP contribution in [-0.4, -0.2) is 22.0 Å². The Morgan fingerprint density at radius 2 is 2.33 bits per heavy atom. The Morgan fingerprint density at radius 3 is 2.93 bits per heavy atom. The van der Waals surface area contributed by atoms with Gasteiger partial charge in [-0.25, -0.2) is 0 Å². The van der Waals surface area contributed by atoms with Crippen molar-refractivity contribution in [3.05, 3.63) is 18.0 Å². The molecule has 0 radical (unpaired) electrons. The molecule has 4 heteroatoms. The first-order valence-corrected chi connectivity index (χ1v) is 5.58. The highest BCUT2D eigenvalue weighted by Crippen LogP contribution is 2.14. The zero-order chi connectivity index (χ0) is 10.9. The van der Waals surface area contributed by atoms with Gasteiger partial charge in [0.1, 0.15) is 11.5 Å². The molecule has 4 nitrogen and oxygen atoms in total. The Kier molecular flexibility index (Phi) is 5.51. The van der Waals surface area contributed by atoms with Crippen molar-refractivity contribution in [2.45, 2.75) is 39.5 Å². The number of rotatable bonds is 7. The molecule has 0 aromatic carbocycles. The zero-order valence-electron chi connectivity index (χ0n) is 9.49. The van der Waals surface area contributed by atoms with Crippen molar-refractivity contribution in [1.82, 2.24) is 15.4 Å². The number of H-pyrrole nitrogens is 1. The summed E-state index contributed by atoms with van der Waals surface area (Å²) >= 11 is 0. The SMILES string of the molecule is CCCCCC=C(OCC)c1c[nH]nn1. The Bertz CT molecular complexity index is 280. The monoisotopic (exact) mass is 209 g/mol. The Hall–Kier alpha value is -1.32. The van der Waals surface area contributed by atoms with Gasteiger partial charge in [0.05, 0.1) is 12.8 Å². The van der Waals surface area contributed by atoms with Crippen molar-refractivity contribution >= 4 is 5.76 Å². The van der Waals surface area contributed by atoms with E-state index in [1.807, 2.05) is 6.92 Å². The van der Waals surface area contributed by atoms with Crippen molar-refractivity contribution in [3.8, 4) is 0 Å². The average molecular weight is 209 g/mol. The van der Waals surface area contributed by atoms with Crippen molar-refractivity contribution in [1.29, 1.82) is 0 Å². The summed E-state index contributed by atoms with van der Waals surface area (Å²) in [6, 6.07) is 0. The first-order chi connectivity index (χ1) is 7.38. The number of unbranched alkanes of at least 4 members (excludes halogenated alkanes) is 3. The van der Waals surface area contributed by atoms with Gasteiger partial charge in [-0.3, -0.25) is 5.10 Å². The van der Waals surface area contributed by atoms with E-state index >= 15 is 0 Å². The second kappa shape index (κ2) is 7.04. The zero-order valence-corrected chi connectivity index (χ0v) is 9.49. The van der Waals surface area contributed by atoms with Gasteiger partial charge in [-0.1, -0.05) is 25.0 Å². The maximum Gasteiger partial charge on any atom is 0.147 e. The number of nitrogens with zero attached hydrogens (tertiary/aromatic N) is 2. The molecule has 1 aromatic heterocycles. The summed E-state index contributed by atoms with van der Waals surface area (Å²) in [5.41, 5.74) is 0.786. The van der Waals surface area contributed by atoms with Gasteiger partial charge in [0, 0.05) is 0 Å². The van der Waals surface area contributed by atoms with Crippen LogP contribution in [0.2, 0.25) is 0 Å². The predicted molar refractivity (Wildman–Crippen MR) is 60.1 cm³/mol. The quantitative estimate of drug-likeness (QED) is 0.555. The van der Waals surface area contributed by atoms with Crippen LogP contribution in [0.3, 0.4) is 0 Å². The second-order valence-electron chi connectivity index (χ2n) is 3.36. The van der Waals surface area contributed by atoms with Crippen LogP contribution in [0.5, 0.6) is 0 Å². The van der Waals surface area contributed by atoms with E-state index < -0.39 is 0 Å². The summed E-state index contributed by atoms with van der Waals surface area (Å²) in [6.07, 6.45) is 8.58. The van der Waals surface area contributed by atoms with Crippen LogP contribution in [-0.2, 0) is 4.74 Å². The van der Waals surface area contributed by atoms with E-state index in [9.17, 15) is 0 Å². The van der Waals surface area contributed by atoms with Gasteiger partial charge in [-0.2, -0.15) is 0 Å². The molecular formula is C11H19N3O. The molecule has 0 saturated heterocycles. The van der Waals surface area contributed by atoms with Crippen LogP contribution in [0, 0.1) is 0 Å². The molecule has 0 aliphatic carbocycles. The molecule has 84 valence electrons. The van der Waals surface area contributed by atoms with Crippen LogP contribution in [0.4, 0.5) is 0 Å². The number of nitrogens with one attached hydrogen (secondary N) is 1. The van der Waals surface area contributed by atoms with E-state index in [1.165, 1.54) is 19.3 Å². The largest absolute Gasteiger partial charge is 0.492 e. The molecule has 0 unspecified atom stereocenters. The Morgan fingerprint density at radius 1 is 1.47 bits per heavy atom. The standard InChI is InChI=1S/C11H19N3O/c1-3-5-6-7-8-11(15-4-2)10-9-12-14-13-10/h8-9H,3-7H2,1-2H3,(H,12,13,14). The minimum Gasteiger partial charge on any atom is -0.492 e. The van der Waals surface area contributed by atoms with Crippen molar-refractivity contribution in [2.24, 2.45) is 0 Å². The number of aromatic nitrogens is 3. The minimum absolute atomic E-state index is 0.659. The highest BCUT2D eigenvalue weighted by atomic mass is 16.5. The lowest BCUT2D eigenvalue weighted by Crippen LogP contribution is -1.92. The predicted octanol–water partition coefficient (Wildman–Crippen LogP) is 2.76. The fourth-order valence-corrected chi connectivity index (χ4v) is 1.34. The Balaban J connectivity index is 2.50. The lowest BCUT2D eigenvalue weighted by atomic mass is 10.2. The van der Waals surface area contributed by atoms with Gasteiger partial charge in [0.15, 0.2) is 0 Å². The van der Waals surface area contributed by atoms with Crippen molar-refractivity contribution in [2.75, 3.05) is 6.61 Å². The molecule has 0 aliphatic rings. The van der Waals surface area contributed by atoms with Gasteiger partial charge in [-0.15, -0.1) is 5.10 Å². The Labute approximate surface area is 90.7 Å². The molecule has 0 aliphatic heterocycles. The number of hydrogen-bond donors (Lipinski definition) is 1. The molecule has 1 heterocycles. The van der Waals surface area contributed by atoms with Crippen LogP contribution < -0.4 is 0 Å². The maximum absolute atomic E-state index is 5.51. The molecule has 15 heavy (non-hydrogen) atoms. The summed E-state index contributed by atoms with van der Waals surface area (Å²) in [5.74, 6) is 0.836. The molecular weight excluding hydrogens is 190 g/mol. The first-order valence-electron chi connectivity index (χ1n) is 5.58. The van der Waals surface area contributed by atoms with E-state index in [2.05, 4.69) is 28.4 Å². The van der Waals surface area contributed by atoms with E-state index in [0.717, 1.165) is 17.9 Å². The maximum atomic E-state index is 5.51. The molecule has 0 amide bonds. The van der Waals surface area contributed by atoms with E-state index in [1.54, 1.807) is 6.20 Å². The molecule has 0 atom stereocenters. The second-order valence-corrected chi connectivity index (χ2v) is 3.36. The average Bonchev–Trinajstić information content (AvgIpc) is 2.76. The van der Waals surface area contributed by atoms with Crippen molar-refractivity contribution < 1.29 is 4.74 Å². The summed E-state index contributed by atoms with van der Waals surface area (Å²) in [5, 5.41) is 10.3. The molecule has 1 rings (SSSR count). The van der Waals surface area contributed by atoms with Crippen LogP contribution in [0.15, 0.2) is 12.3 Å². The van der Waals surface area contributed by atoms with Crippen molar-refractivity contribution in [3.63, 3.8) is 0 Å². The van der Waals surface area contributed by atoms with E-state index in [0.29, 0.717) is 6.61 Å². The third-order valence-electron chi connectivity index (χ3n) is 2.11. The van der Waals surface area contributed by atoms with Gasteiger partial charge in [0.2, 0.25) is 0 Å². The number of ether oxygens (including phenoxy) is 1. The van der Waals surface area contributed by atoms with Gasteiger partial charge < -0.3 is 4.74 Å². The molecule has 1 aromatic rings. The topological polar surface area (TPSA) is 50.8 Å². The van der Waals surface area contributed by atoms with Crippen LogP contribution in [0.25, 0.3) is 5.76 Å². The summed E-state index contributed by atoms with van der Waals surface area (Å²) in [6.45, 7) is 4.83. The van der Waals surface area contributed by atoms with Crippen LogP contribution >= 0.6 is 0 Å². The van der Waals surface area contributed by atoms with E-state index in [4.69, 9.17) is 4.74 Å². The molecule has 0 fully saturated rings. The number of allylic oxidation sites excluding steroid dienone is 1. The fourth-order valence-electron chi connectivity index (χ4n) is 1.34. The van der Waals surface area contributed by atoms with Gasteiger partial charge in [0.25, 0.3) is 0 Å². The molecule has 1 N–H and O–H groups in total. The van der Waals surface area contributed by atoms with Gasteiger partial charge in [-0.05, 0) is 25.8 Å². The smallest absolute Gasteiger partial charge is 0.147 e. The van der Waals surface area contributed by atoms with Gasteiger partial charge >= 0.3 is 0 Å². The summed E-state index contributed by atoms with van der Waals surface area (Å²) in [4.78, 5) is 0. The third-order valence-corrected chi connectivity index (χ3v) is 2.11. The highest BCUT2D eigenvalue weighted by molar-refractivity contribution is 5.54. The minimum atomic E-state index is 0.659. The molecule has 0 saturated carbocycles. The van der Waals surface area contributed by atoms with Crippen LogP contribution in [0.1, 0.15) is 45.2 Å². The number of hydrogen-bond acceptors (Lipinski definition) is 3. The fraction of sp³-hybridized carbons (Fsp3) is 0.636. The normalized spacial score (nSPS) is 11.7. The molecule has 0 spiro atoms. The highest BCUT2D eigenvalue weighted by Gasteiger charge is 2.04. The lowest BCUT2D eigenvalue weighted by molar-refractivity contribution is 0.295. The summed E-state index contributed by atoms with van der Waals surface area (Å²) < 4.78 is 5.51. The van der Waals surface area contributed by atoms with E-state index in [-0.39, 0.29) is 0 Å². The number of aromatic amines is 1. The summed E-state index contributed by atoms with van der Waals surface area (Å²) in [7, 11) is 0. The first kappa shape index (κ1) is 11.8.